The van der Waals surface area contributed by atoms with Crippen molar-refractivity contribution in [3.05, 3.63) is 17.9 Å². The van der Waals surface area contributed by atoms with E-state index in [2.05, 4.69) is 11.8 Å². The van der Waals surface area contributed by atoms with Gasteiger partial charge in [-0.3, -0.25) is 0 Å². The Morgan fingerprint density at radius 2 is 2.16 bits per heavy atom. The summed E-state index contributed by atoms with van der Waals surface area (Å²) in [7, 11) is 0. The molecule has 1 saturated heterocycles. The molecule has 1 aromatic rings. The van der Waals surface area contributed by atoms with Gasteiger partial charge in [-0.15, -0.1) is 0 Å². The summed E-state index contributed by atoms with van der Waals surface area (Å²) < 4.78 is 19.1. The second-order valence-corrected chi connectivity index (χ2v) is 5.03. The quantitative estimate of drug-likeness (QED) is 0.847. The van der Waals surface area contributed by atoms with E-state index in [0.717, 1.165) is 25.1 Å². The lowest BCUT2D eigenvalue weighted by Gasteiger charge is -2.38. The van der Waals surface area contributed by atoms with Crippen LogP contribution >= 0.6 is 0 Å². The van der Waals surface area contributed by atoms with Crippen LogP contribution in [0.25, 0.3) is 0 Å². The average molecular weight is 266 g/mol. The summed E-state index contributed by atoms with van der Waals surface area (Å²) in [6.45, 7) is 5.48. The minimum Gasteiger partial charge on any atom is -0.491 e. The maximum Gasteiger partial charge on any atom is 0.167 e. The number of nitrogens with zero attached hydrogens (tertiary/aromatic N) is 1. The van der Waals surface area contributed by atoms with Crippen LogP contribution in [0.1, 0.15) is 39.5 Å². The predicted octanol–water partition coefficient (Wildman–Crippen LogP) is 3.58. The van der Waals surface area contributed by atoms with Crippen molar-refractivity contribution in [2.45, 2.75) is 45.6 Å². The Morgan fingerprint density at radius 1 is 1.37 bits per heavy atom. The highest BCUT2D eigenvalue weighted by Crippen LogP contribution is 2.35. The first-order valence-electron chi connectivity index (χ1n) is 7.15. The molecule has 2 N–H and O–H groups in total. The van der Waals surface area contributed by atoms with Crippen molar-refractivity contribution < 1.29 is 9.13 Å². The molecule has 19 heavy (non-hydrogen) atoms. The summed E-state index contributed by atoms with van der Waals surface area (Å²) in [5, 5.41) is 0. The van der Waals surface area contributed by atoms with Crippen molar-refractivity contribution in [2.75, 3.05) is 23.8 Å². The average Bonchev–Trinajstić information content (AvgIpc) is 2.42. The standard InChI is InChI=1S/C15H23FN2O/c1-3-11-7-5-6-8-18(11)14-10-15(19-4-2)12(16)9-13(14)17/h9-11H,3-8,17H2,1-2H3. The zero-order chi connectivity index (χ0) is 13.8. The first-order chi connectivity index (χ1) is 9.17. The van der Waals surface area contributed by atoms with Gasteiger partial charge in [-0.2, -0.15) is 0 Å². The summed E-state index contributed by atoms with van der Waals surface area (Å²) in [5.74, 6) is -0.0831. The Balaban J connectivity index is 2.34. The van der Waals surface area contributed by atoms with Gasteiger partial charge in [-0.25, -0.2) is 4.39 Å². The van der Waals surface area contributed by atoms with Crippen LogP contribution in [0.5, 0.6) is 5.75 Å². The van der Waals surface area contributed by atoms with Gasteiger partial charge < -0.3 is 15.4 Å². The number of nitrogens with two attached hydrogens (primary N) is 1. The molecule has 106 valence electrons. The van der Waals surface area contributed by atoms with Crippen LogP contribution in [0.15, 0.2) is 12.1 Å². The van der Waals surface area contributed by atoms with Gasteiger partial charge in [0.05, 0.1) is 18.0 Å². The molecule has 0 bridgehead atoms. The van der Waals surface area contributed by atoms with Gasteiger partial charge in [0.25, 0.3) is 0 Å². The molecule has 0 radical (unpaired) electrons. The summed E-state index contributed by atoms with van der Waals surface area (Å²) in [6.07, 6.45) is 4.68. The molecule has 0 aliphatic carbocycles. The zero-order valence-electron chi connectivity index (χ0n) is 11.8. The van der Waals surface area contributed by atoms with Crippen molar-refractivity contribution in [1.82, 2.24) is 0 Å². The number of halogens is 1. The van der Waals surface area contributed by atoms with E-state index in [0.29, 0.717) is 24.1 Å². The van der Waals surface area contributed by atoms with Crippen LogP contribution < -0.4 is 15.4 Å². The van der Waals surface area contributed by atoms with E-state index in [4.69, 9.17) is 10.5 Å². The van der Waals surface area contributed by atoms with Crippen LogP contribution in [0.2, 0.25) is 0 Å². The molecule has 1 atom stereocenters. The molecule has 1 fully saturated rings. The van der Waals surface area contributed by atoms with E-state index in [9.17, 15) is 4.39 Å². The Labute approximate surface area is 114 Å². The molecule has 1 aliphatic heterocycles. The summed E-state index contributed by atoms with van der Waals surface area (Å²) in [4.78, 5) is 2.31. The Bertz CT molecular complexity index is 436. The van der Waals surface area contributed by atoms with Crippen molar-refractivity contribution in [3.63, 3.8) is 0 Å². The molecule has 0 spiro atoms. The third-order valence-corrected chi connectivity index (χ3v) is 3.79. The van der Waals surface area contributed by atoms with E-state index >= 15 is 0 Å². The minimum absolute atomic E-state index is 0.298. The van der Waals surface area contributed by atoms with Crippen molar-refractivity contribution in [2.24, 2.45) is 0 Å². The first-order valence-corrected chi connectivity index (χ1v) is 7.15. The molecule has 1 aromatic carbocycles. The number of nitrogen functional groups attached to an aromatic ring is 1. The molecule has 2 rings (SSSR count). The molecule has 1 unspecified atom stereocenters. The predicted molar refractivity (Wildman–Crippen MR) is 77.3 cm³/mol. The highest BCUT2D eigenvalue weighted by molar-refractivity contribution is 5.70. The van der Waals surface area contributed by atoms with Crippen LogP contribution in [-0.2, 0) is 0 Å². The van der Waals surface area contributed by atoms with Gasteiger partial charge in [0, 0.05) is 24.7 Å². The van der Waals surface area contributed by atoms with Crippen molar-refractivity contribution in [1.29, 1.82) is 0 Å². The van der Waals surface area contributed by atoms with Gasteiger partial charge in [-0.05, 0) is 32.6 Å². The molecular weight excluding hydrogens is 243 g/mol. The lowest BCUT2D eigenvalue weighted by molar-refractivity contribution is 0.321. The van der Waals surface area contributed by atoms with Crippen LogP contribution in [0.4, 0.5) is 15.8 Å². The lowest BCUT2D eigenvalue weighted by atomic mass is 9.98. The second-order valence-electron chi connectivity index (χ2n) is 5.03. The number of ether oxygens (including phenoxy) is 1. The summed E-state index contributed by atoms with van der Waals surface area (Å²) in [5.41, 5.74) is 7.41. The smallest absolute Gasteiger partial charge is 0.167 e. The fourth-order valence-electron chi connectivity index (χ4n) is 2.82. The minimum atomic E-state index is -0.381. The molecule has 3 nitrogen and oxygen atoms in total. The molecule has 1 aliphatic rings. The van der Waals surface area contributed by atoms with E-state index < -0.39 is 0 Å². The Kier molecular flexibility index (Phi) is 4.51. The number of anilines is 2. The van der Waals surface area contributed by atoms with E-state index in [-0.39, 0.29) is 5.82 Å². The highest BCUT2D eigenvalue weighted by atomic mass is 19.1. The van der Waals surface area contributed by atoms with Gasteiger partial charge in [0.2, 0.25) is 0 Å². The zero-order valence-corrected chi connectivity index (χ0v) is 11.8. The van der Waals surface area contributed by atoms with Crippen LogP contribution in [0, 0.1) is 5.82 Å². The maximum absolute atomic E-state index is 13.7. The van der Waals surface area contributed by atoms with Gasteiger partial charge in [0.15, 0.2) is 11.6 Å². The number of hydrogen-bond acceptors (Lipinski definition) is 3. The van der Waals surface area contributed by atoms with E-state index in [1.807, 2.05) is 6.92 Å². The Hall–Kier alpha value is -1.45. The normalized spacial score (nSPS) is 19.5. The number of rotatable bonds is 4. The van der Waals surface area contributed by atoms with Gasteiger partial charge in [0.1, 0.15) is 0 Å². The van der Waals surface area contributed by atoms with Crippen molar-refractivity contribution >= 4 is 11.4 Å². The topological polar surface area (TPSA) is 38.5 Å². The number of hydrogen-bond donors (Lipinski definition) is 1. The molecule has 0 aromatic heterocycles. The lowest BCUT2D eigenvalue weighted by Crippen LogP contribution is -2.39. The molecule has 4 heteroatoms. The summed E-state index contributed by atoms with van der Waals surface area (Å²) >= 11 is 0. The number of benzene rings is 1. The largest absolute Gasteiger partial charge is 0.491 e. The SMILES string of the molecule is CCOc1cc(N2CCCCC2CC)c(N)cc1F. The second kappa shape index (κ2) is 6.13. The van der Waals surface area contributed by atoms with Crippen molar-refractivity contribution in [3.8, 4) is 5.75 Å². The van der Waals surface area contributed by atoms with E-state index in [1.165, 1.54) is 18.9 Å². The van der Waals surface area contributed by atoms with Crippen LogP contribution in [0.3, 0.4) is 0 Å². The molecule has 0 saturated carbocycles. The molecule has 0 amide bonds. The fraction of sp³-hybridized carbons (Fsp3) is 0.600. The molecular formula is C15H23FN2O. The fourth-order valence-corrected chi connectivity index (χ4v) is 2.82. The highest BCUT2D eigenvalue weighted by Gasteiger charge is 2.24. The third kappa shape index (κ3) is 2.94. The monoisotopic (exact) mass is 266 g/mol. The summed E-state index contributed by atoms with van der Waals surface area (Å²) in [6, 6.07) is 3.63. The molecule has 1 heterocycles. The van der Waals surface area contributed by atoms with Gasteiger partial charge in [-0.1, -0.05) is 6.92 Å². The Morgan fingerprint density at radius 3 is 2.84 bits per heavy atom. The first kappa shape index (κ1) is 14.0. The number of piperidine rings is 1. The van der Waals surface area contributed by atoms with E-state index in [1.54, 1.807) is 6.07 Å². The van der Waals surface area contributed by atoms with Gasteiger partial charge >= 0.3 is 0 Å². The third-order valence-electron chi connectivity index (χ3n) is 3.79. The van der Waals surface area contributed by atoms with Crippen LogP contribution in [-0.4, -0.2) is 19.2 Å². The maximum atomic E-state index is 13.7.